The van der Waals surface area contributed by atoms with Gasteiger partial charge in [0.2, 0.25) is 0 Å². The average molecular weight is 226 g/mol. The number of likely N-dealkylation sites (tertiary alicyclic amines) is 1. The van der Waals surface area contributed by atoms with Crippen molar-refractivity contribution in [3.63, 3.8) is 0 Å². The molecular weight excluding hydrogens is 196 g/mol. The van der Waals surface area contributed by atoms with Crippen molar-refractivity contribution in [2.75, 3.05) is 19.6 Å². The van der Waals surface area contributed by atoms with Gasteiger partial charge in [0.15, 0.2) is 0 Å². The zero-order valence-electron chi connectivity index (χ0n) is 11.5. The first-order valence-electron chi connectivity index (χ1n) is 7.03. The summed E-state index contributed by atoms with van der Waals surface area (Å²) < 4.78 is 0. The fourth-order valence-electron chi connectivity index (χ4n) is 2.72. The van der Waals surface area contributed by atoms with Crippen molar-refractivity contribution >= 4 is 0 Å². The Labute approximate surface area is 102 Å². The van der Waals surface area contributed by atoms with Gasteiger partial charge in [0.1, 0.15) is 0 Å². The first-order chi connectivity index (χ1) is 7.59. The van der Waals surface area contributed by atoms with E-state index in [9.17, 15) is 0 Å². The van der Waals surface area contributed by atoms with Crippen molar-refractivity contribution < 1.29 is 0 Å². The summed E-state index contributed by atoms with van der Waals surface area (Å²) in [6.45, 7) is 10.3. The molecule has 1 aliphatic heterocycles. The molecule has 1 unspecified atom stereocenters. The second kappa shape index (κ2) is 6.61. The minimum absolute atomic E-state index is 0.511. The summed E-state index contributed by atoms with van der Waals surface area (Å²) in [5.74, 6) is 0. The summed E-state index contributed by atoms with van der Waals surface area (Å²) in [4.78, 5) is 2.62. The lowest BCUT2D eigenvalue weighted by molar-refractivity contribution is 0.208. The third-order valence-corrected chi connectivity index (χ3v) is 3.89. The highest BCUT2D eigenvalue weighted by Crippen LogP contribution is 2.30. The molecule has 0 aliphatic carbocycles. The highest BCUT2D eigenvalue weighted by atomic mass is 15.2. The molecule has 0 aromatic rings. The van der Waals surface area contributed by atoms with Crippen molar-refractivity contribution in [1.29, 1.82) is 0 Å². The molecule has 96 valence electrons. The van der Waals surface area contributed by atoms with Gasteiger partial charge >= 0.3 is 0 Å². The third-order valence-electron chi connectivity index (χ3n) is 3.89. The molecule has 1 heterocycles. The van der Waals surface area contributed by atoms with E-state index in [2.05, 4.69) is 25.7 Å². The van der Waals surface area contributed by atoms with Crippen LogP contribution in [0.2, 0.25) is 0 Å². The Kier molecular flexibility index (Phi) is 5.77. The Bertz CT molecular complexity index is 189. The largest absolute Gasteiger partial charge is 0.329 e. The van der Waals surface area contributed by atoms with E-state index in [0.29, 0.717) is 11.5 Å². The molecular formula is C14H30N2. The van der Waals surface area contributed by atoms with Crippen LogP contribution in [0.3, 0.4) is 0 Å². The SMILES string of the molecule is CCCCCCC(CN)N1CCC(C)(C)C1. The van der Waals surface area contributed by atoms with Crippen LogP contribution in [0, 0.1) is 5.41 Å². The maximum Gasteiger partial charge on any atom is 0.0218 e. The highest BCUT2D eigenvalue weighted by Gasteiger charge is 2.32. The van der Waals surface area contributed by atoms with Crippen LogP contribution in [0.25, 0.3) is 0 Å². The van der Waals surface area contributed by atoms with E-state index in [1.165, 1.54) is 51.6 Å². The molecule has 1 rings (SSSR count). The maximum atomic E-state index is 5.91. The monoisotopic (exact) mass is 226 g/mol. The van der Waals surface area contributed by atoms with Crippen LogP contribution in [0.5, 0.6) is 0 Å². The van der Waals surface area contributed by atoms with E-state index in [1.54, 1.807) is 0 Å². The minimum Gasteiger partial charge on any atom is -0.329 e. The first kappa shape index (κ1) is 14.0. The molecule has 16 heavy (non-hydrogen) atoms. The lowest BCUT2D eigenvalue weighted by Gasteiger charge is -2.28. The van der Waals surface area contributed by atoms with Gasteiger partial charge in [0, 0.05) is 19.1 Å². The summed E-state index contributed by atoms with van der Waals surface area (Å²) in [7, 11) is 0. The Hall–Kier alpha value is -0.0800. The molecule has 1 aliphatic rings. The Morgan fingerprint density at radius 2 is 2.00 bits per heavy atom. The standard InChI is InChI=1S/C14H30N2/c1-4-5-6-7-8-13(11-15)16-10-9-14(2,3)12-16/h13H,4-12,15H2,1-3H3. The summed E-state index contributed by atoms with van der Waals surface area (Å²) in [6.07, 6.45) is 8.06. The maximum absolute atomic E-state index is 5.91. The molecule has 1 fully saturated rings. The Balaban J connectivity index is 2.26. The van der Waals surface area contributed by atoms with Crippen molar-refractivity contribution in [3.8, 4) is 0 Å². The molecule has 2 N–H and O–H groups in total. The lowest BCUT2D eigenvalue weighted by atomic mass is 9.93. The van der Waals surface area contributed by atoms with Gasteiger partial charge in [-0.1, -0.05) is 46.5 Å². The smallest absolute Gasteiger partial charge is 0.0218 e. The van der Waals surface area contributed by atoms with Crippen LogP contribution in [-0.4, -0.2) is 30.6 Å². The van der Waals surface area contributed by atoms with Crippen LogP contribution < -0.4 is 5.73 Å². The van der Waals surface area contributed by atoms with Crippen LogP contribution in [0.1, 0.15) is 59.3 Å². The predicted octanol–water partition coefficient (Wildman–Crippen LogP) is 3.02. The average Bonchev–Trinajstić information content (AvgIpc) is 2.59. The minimum atomic E-state index is 0.511. The fraction of sp³-hybridized carbons (Fsp3) is 1.00. The molecule has 0 aromatic carbocycles. The second-order valence-electron chi connectivity index (χ2n) is 6.12. The predicted molar refractivity (Wildman–Crippen MR) is 71.6 cm³/mol. The van der Waals surface area contributed by atoms with E-state index >= 15 is 0 Å². The number of hydrogen-bond acceptors (Lipinski definition) is 2. The van der Waals surface area contributed by atoms with Gasteiger partial charge < -0.3 is 5.73 Å². The van der Waals surface area contributed by atoms with Crippen molar-refractivity contribution in [1.82, 2.24) is 4.90 Å². The van der Waals surface area contributed by atoms with E-state index in [0.717, 1.165) is 6.54 Å². The Morgan fingerprint density at radius 1 is 1.25 bits per heavy atom. The van der Waals surface area contributed by atoms with Gasteiger partial charge in [0.05, 0.1) is 0 Å². The molecule has 1 atom stereocenters. The van der Waals surface area contributed by atoms with Gasteiger partial charge in [-0.05, 0) is 24.8 Å². The Morgan fingerprint density at radius 3 is 2.50 bits per heavy atom. The highest BCUT2D eigenvalue weighted by molar-refractivity contribution is 4.86. The van der Waals surface area contributed by atoms with Gasteiger partial charge in [-0.2, -0.15) is 0 Å². The second-order valence-corrected chi connectivity index (χ2v) is 6.12. The molecule has 1 saturated heterocycles. The molecule has 0 radical (unpaired) electrons. The van der Waals surface area contributed by atoms with Gasteiger partial charge in [-0.3, -0.25) is 4.90 Å². The van der Waals surface area contributed by atoms with Gasteiger partial charge in [0.25, 0.3) is 0 Å². The molecule has 2 nitrogen and oxygen atoms in total. The number of nitrogens with zero attached hydrogens (tertiary/aromatic N) is 1. The van der Waals surface area contributed by atoms with Crippen molar-refractivity contribution in [2.24, 2.45) is 11.1 Å². The fourth-order valence-corrected chi connectivity index (χ4v) is 2.72. The summed E-state index contributed by atoms with van der Waals surface area (Å²) >= 11 is 0. The first-order valence-corrected chi connectivity index (χ1v) is 7.03. The summed E-state index contributed by atoms with van der Waals surface area (Å²) in [5.41, 5.74) is 6.42. The number of rotatable bonds is 7. The number of unbranched alkanes of at least 4 members (excludes halogenated alkanes) is 3. The van der Waals surface area contributed by atoms with E-state index < -0.39 is 0 Å². The van der Waals surface area contributed by atoms with E-state index in [1.807, 2.05) is 0 Å². The zero-order valence-corrected chi connectivity index (χ0v) is 11.5. The summed E-state index contributed by atoms with van der Waals surface area (Å²) in [5, 5.41) is 0. The van der Waals surface area contributed by atoms with Crippen LogP contribution in [0.15, 0.2) is 0 Å². The van der Waals surface area contributed by atoms with Gasteiger partial charge in [-0.15, -0.1) is 0 Å². The number of hydrogen-bond donors (Lipinski definition) is 1. The number of nitrogens with two attached hydrogens (primary N) is 1. The van der Waals surface area contributed by atoms with E-state index in [-0.39, 0.29) is 0 Å². The molecule has 0 saturated carbocycles. The van der Waals surface area contributed by atoms with Crippen LogP contribution in [-0.2, 0) is 0 Å². The van der Waals surface area contributed by atoms with Crippen molar-refractivity contribution in [2.45, 2.75) is 65.3 Å². The van der Waals surface area contributed by atoms with E-state index in [4.69, 9.17) is 5.73 Å². The molecule has 0 amide bonds. The van der Waals surface area contributed by atoms with Crippen molar-refractivity contribution in [3.05, 3.63) is 0 Å². The molecule has 0 bridgehead atoms. The zero-order chi connectivity index (χ0) is 12.0. The quantitative estimate of drug-likeness (QED) is 0.676. The third kappa shape index (κ3) is 4.42. The molecule has 0 spiro atoms. The van der Waals surface area contributed by atoms with Crippen LogP contribution in [0.4, 0.5) is 0 Å². The summed E-state index contributed by atoms with van der Waals surface area (Å²) in [6, 6.07) is 0.638. The molecule has 0 aromatic heterocycles. The van der Waals surface area contributed by atoms with Crippen LogP contribution >= 0.6 is 0 Å². The normalized spacial score (nSPS) is 22.5. The lowest BCUT2D eigenvalue weighted by Crippen LogP contribution is -2.39. The van der Waals surface area contributed by atoms with Gasteiger partial charge in [-0.25, -0.2) is 0 Å². The molecule has 2 heteroatoms. The topological polar surface area (TPSA) is 29.3 Å².